The van der Waals surface area contributed by atoms with E-state index in [0.717, 1.165) is 12.0 Å². The number of hydrogen-bond donors (Lipinski definition) is 3. The van der Waals surface area contributed by atoms with Crippen LogP contribution in [0, 0.1) is 0 Å². The Labute approximate surface area is 154 Å². The third kappa shape index (κ3) is 8.00. The summed E-state index contributed by atoms with van der Waals surface area (Å²) in [6, 6.07) is 6.48. The van der Waals surface area contributed by atoms with Gasteiger partial charge in [0.05, 0.1) is 5.56 Å². The van der Waals surface area contributed by atoms with E-state index in [2.05, 4.69) is 16.0 Å². The average molecular weight is 363 g/mol. The number of rotatable bonds is 8. The standard InChI is InChI=1S/C19H29N3O4/c1-6-19(4,5)22-16(23)12-26-17(24)15-9-7-14(8-10-15)11-20-18(25)21-13(2)3/h7-10,13H,6,11-12H2,1-5H3,(H,22,23)(H2,20,21,25). The molecule has 0 saturated carbocycles. The Kier molecular flexibility index (Phi) is 8.09. The molecule has 144 valence electrons. The summed E-state index contributed by atoms with van der Waals surface area (Å²) < 4.78 is 5.03. The predicted octanol–water partition coefficient (Wildman–Crippen LogP) is 2.36. The first-order valence-corrected chi connectivity index (χ1v) is 8.74. The Morgan fingerprint density at radius 2 is 1.73 bits per heavy atom. The lowest BCUT2D eigenvalue weighted by molar-refractivity contribution is -0.125. The summed E-state index contributed by atoms with van der Waals surface area (Å²) in [6.45, 7) is 9.56. The Bertz CT molecular complexity index is 624. The van der Waals surface area contributed by atoms with E-state index < -0.39 is 5.97 Å². The fourth-order valence-electron chi connectivity index (χ4n) is 1.97. The predicted molar refractivity (Wildman–Crippen MR) is 99.7 cm³/mol. The van der Waals surface area contributed by atoms with Crippen molar-refractivity contribution in [2.45, 2.75) is 59.2 Å². The van der Waals surface area contributed by atoms with Gasteiger partial charge in [0.2, 0.25) is 0 Å². The van der Waals surface area contributed by atoms with Gasteiger partial charge in [0.25, 0.3) is 5.91 Å². The van der Waals surface area contributed by atoms with Crippen molar-refractivity contribution in [2.75, 3.05) is 6.61 Å². The highest BCUT2D eigenvalue weighted by atomic mass is 16.5. The second kappa shape index (κ2) is 9.79. The summed E-state index contributed by atoms with van der Waals surface area (Å²) in [5.41, 5.74) is 0.867. The topological polar surface area (TPSA) is 96.5 Å². The highest BCUT2D eigenvalue weighted by Crippen LogP contribution is 2.08. The van der Waals surface area contributed by atoms with Crippen molar-refractivity contribution < 1.29 is 19.1 Å². The number of ether oxygens (including phenoxy) is 1. The molecule has 3 amide bonds. The molecule has 1 aromatic carbocycles. The van der Waals surface area contributed by atoms with Gasteiger partial charge in [-0.3, -0.25) is 4.79 Å². The van der Waals surface area contributed by atoms with E-state index in [4.69, 9.17) is 4.74 Å². The minimum atomic E-state index is -0.563. The van der Waals surface area contributed by atoms with Gasteiger partial charge in [-0.15, -0.1) is 0 Å². The van der Waals surface area contributed by atoms with Crippen LogP contribution in [0.1, 0.15) is 57.0 Å². The van der Waals surface area contributed by atoms with Crippen LogP contribution in [0.4, 0.5) is 4.79 Å². The molecular weight excluding hydrogens is 334 g/mol. The van der Waals surface area contributed by atoms with Crippen molar-refractivity contribution in [1.82, 2.24) is 16.0 Å². The maximum Gasteiger partial charge on any atom is 0.338 e. The van der Waals surface area contributed by atoms with Crippen LogP contribution in [0.3, 0.4) is 0 Å². The molecule has 0 aliphatic rings. The Hall–Kier alpha value is -2.57. The SMILES string of the molecule is CCC(C)(C)NC(=O)COC(=O)c1ccc(CNC(=O)NC(C)C)cc1. The van der Waals surface area contributed by atoms with Gasteiger partial charge in [-0.25, -0.2) is 9.59 Å². The Balaban J connectivity index is 2.46. The van der Waals surface area contributed by atoms with Crippen LogP contribution >= 0.6 is 0 Å². The first-order chi connectivity index (χ1) is 12.1. The number of nitrogens with one attached hydrogen (secondary N) is 3. The van der Waals surface area contributed by atoms with E-state index in [1.807, 2.05) is 34.6 Å². The molecule has 0 aromatic heterocycles. The third-order valence-corrected chi connectivity index (χ3v) is 3.76. The molecule has 1 aromatic rings. The monoisotopic (exact) mass is 363 g/mol. The minimum Gasteiger partial charge on any atom is -0.452 e. The van der Waals surface area contributed by atoms with Crippen molar-refractivity contribution in [3.8, 4) is 0 Å². The van der Waals surface area contributed by atoms with E-state index in [1.165, 1.54) is 0 Å². The highest BCUT2D eigenvalue weighted by molar-refractivity contribution is 5.91. The minimum absolute atomic E-state index is 0.0623. The van der Waals surface area contributed by atoms with Crippen LogP contribution in [0.2, 0.25) is 0 Å². The van der Waals surface area contributed by atoms with Crippen LogP contribution in [0.5, 0.6) is 0 Å². The van der Waals surface area contributed by atoms with Crippen LogP contribution < -0.4 is 16.0 Å². The molecule has 0 saturated heterocycles. The van der Waals surface area contributed by atoms with E-state index in [0.29, 0.717) is 12.1 Å². The number of esters is 1. The normalized spacial score (nSPS) is 11.0. The zero-order chi connectivity index (χ0) is 19.7. The Morgan fingerprint density at radius 3 is 2.27 bits per heavy atom. The number of urea groups is 1. The van der Waals surface area contributed by atoms with Crippen LogP contribution in [0.25, 0.3) is 0 Å². The first kappa shape index (κ1) is 21.5. The van der Waals surface area contributed by atoms with Crippen molar-refractivity contribution in [1.29, 1.82) is 0 Å². The molecule has 0 unspecified atom stereocenters. The van der Waals surface area contributed by atoms with Gasteiger partial charge < -0.3 is 20.7 Å². The van der Waals surface area contributed by atoms with Gasteiger partial charge in [-0.05, 0) is 51.8 Å². The molecule has 0 bridgehead atoms. The van der Waals surface area contributed by atoms with Gasteiger partial charge in [-0.1, -0.05) is 19.1 Å². The summed E-state index contributed by atoms with van der Waals surface area (Å²) in [6.07, 6.45) is 0.775. The van der Waals surface area contributed by atoms with Crippen molar-refractivity contribution in [2.24, 2.45) is 0 Å². The van der Waals surface area contributed by atoms with Crippen LogP contribution in [-0.2, 0) is 16.1 Å². The number of carbonyl (C=O) groups excluding carboxylic acids is 3. The molecule has 0 atom stereocenters. The van der Waals surface area contributed by atoms with Crippen molar-refractivity contribution in [3.05, 3.63) is 35.4 Å². The van der Waals surface area contributed by atoms with Crippen molar-refractivity contribution in [3.63, 3.8) is 0 Å². The molecular formula is C19H29N3O4. The van der Waals surface area contributed by atoms with E-state index in [-0.39, 0.29) is 30.1 Å². The summed E-state index contributed by atoms with van der Waals surface area (Å²) >= 11 is 0. The molecule has 0 heterocycles. The second-order valence-electron chi connectivity index (χ2n) is 7.04. The van der Waals surface area contributed by atoms with E-state index in [1.54, 1.807) is 24.3 Å². The molecule has 0 spiro atoms. The van der Waals surface area contributed by atoms with Crippen molar-refractivity contribution >= 4 is 17.9 Å². The molecule has 1 rings (SSSR count). The second-order valence-corrected chi connectivity index (χ2v) is 7.04. The van der Waals surface area contributed by atoms with Gasteiger partial charge in [0.15, 0.2) is 6.61 Å². The van der Waals surface area contributed by atoms with Gasteiger partial charge in [0, 0.05) is 18.1 Å². The van der Waals surface area contributed by atoms with Gasteiger partial charge in [0.1, 0.15) is 0 Å². The summed E-state index contributed by atoms with van der Waals surface area (Å²) in [4.78, 5) is 35.3. The smallest absolute Gasteiger partial charge is 0.338 e. The first-order valence-electron chi connectivity index (χ1n) is 8.74. The zero-order valence-electron chi connectivity index (χ0n) is 16.1. The fraction of sp³-hybridized carbons (Fsp3) is 0.526. The lowest BCUT2D eigenvalue weighted by atomic mass is 10.0. The molecule has 0 radical (unpaired) electrons. The lowest BCUT2D eigenvalue weighted by Gasteiger charge is -2.24. The zero-order valence-corrected chi connectivity index (χ0v) is 16.1. The largest absolute Gasteiger partial charge is 0.452 e. The number of amides is 3. The fourth-order valence-corrected chi connectivity index (χ4v) is 1.97. The van der Waals surface area contributed by atoms with Crippen LogP contribution in [0.15, 0.2) is 24.3 Å². The Morgan fingerprint density at radius 1 is 1.12 bits per heavy atom. The molecule has 0 aliphatic heterocycles. The van der Waals surface area contributed by atoms with Gasteiger partial charge >= 0.3 is 12.0 Å². The van der Waals surface area contributed by atoms with Gasteiger partial charge in [-0.2, -0.15) is 0 Å². The highest BCUT2D eigenvalue weighted by Gasteiger charge is 2.19. The molecule has 7 heteroatoms. The maximum absolute atomic E-state index is 12.0. The quantitative estimate of drug-likeness (QED) is 0.618. The molecule has 3 N–H and O–H groups in total. The molecule has 26 heavy (non-hydrogen) atoms. The number of carbonyl (C=O) groups is 3. The molecule has 7 nitrogen and oxygen atoms in total. The molecule has 0 fully saturated rings. The maximum atomic E-state index is 12.0. The number of hydrogen-bond acceptors (Lipinski definition) is 4. The summed E-state index contributed by atoms with van der Waals surface area (Å²) in [5, 5.41) is 8.26. The summed E-state index contributed by atoms with van der Waals surface area (Å²) in [5.74, 6) is -0.895. The lowest BCUT2D eigenvalue weighted by Crippen LogP contribution is -2.44. The molecule has 0 aliphatic carbocycles. The number of benzene rings is 1. The third-order valence-electron chi connectivity index (χ3n) is 3.76. The van der Waals surface area contributed by atoms with E-state index >= 15 is 0 Å². The average Bonchev–Trinajstić information content (AvgIpc) is 2.57. The summed E-state index contributed by atoms with van der Waals surface area (Å²) in [7, 11) is 0. The van der Waals surface area contributed by atoms with Crippen LogP contribution in [-0.4, -0.2) is 36.1 Å². The van der Waals surface area contributed by atoms with E-state index in [9.17, 15) is 14.4 Å².